The van der Waals surface area contributed by atoms with Gasteiger partial charge in [-0.1, -0.05) is 48.0 Å². The third-order valence-electron chi connectivity index (χ3n) is 4.09. The van der Waals surface area contributed by atoms with Gasteiger partial charge >= 0.3 is 5.97 Å². The van der Waals surface area contributed by atoms with E-state index in [0.29, 0.717) is 16.6 Å². The second kappa shape index (κ2) is 8.75. The molecule has 0 saturated heterocycles. The van der Waals surface area contributed by atoms with Crippen molar-refractivity contribution < 1.29 is 14.3 Å². The van der Waals surface area contributed by atoms with Gasteiger partial charge in [0.1, 0.15) is 0 Å². The van der Waals surface area contributed by atoms with Crippen LogP contribution < -0.4 is 0 Å². The smallest absolute Gasteiger partial charge is 0.303 e. The minimum atomic E-state index is -1.73. The van der Waals surface area contributed by atoms with Gasteiger partial charge in [0, 0.05) is 13.0 Å². The number of rotatable bonds is 10. The maximum Gasteiger partial charge on any atom is 0.303 e. The normalized spacial score (nSPS) is 12.7. The lowest BCUT2D eigenvalue weighted by molar-refractivity contribution is -0.137. The number of carboxylic acids is 1. The topological polar surface area (TPSA) is 46.5 Å². The zero-order valence-corrected chi connectivity index (χ0v) is 14.5. The zero-order valence-electron chi connectivity index (χ0n) is 13.5. The molecule has 0 fully saturated rings. The van der Waals surface area contributed by atoms with Crippen molar-refractivity contribution in [3.63, 3.8) is 0 Å². The molecule has 4 heteroatoms. The number of hydrogen-bond donors (Lipinski definition) is 1. The first-order valence-corrected chi connectivity index (χ1v) is 9.74. The van der Waals surface area contributed by atoms with Crippen molar-refractivity contribution in [3.8, 4) is 0 Å². The van der Waals surface area contributed by atoms with Gasteiger partial charge in [-0.15, -0.1) is 0 Å². The summed E-state index contributed by atoms with van der Waals surface area (Å²) in [5, 5.41) is 8.59. The fourth-order valence-electron chi connectivity index (χ4n) is 3.30. The molecule has 0 saturated carbocycles. The minimum Gasteiger partial charge on any atom is -0.481 e. The largest absolute Gasteiger partial charge is 0.481 e. The maximum atomic E-state index is 10.4. The van der Waals surface area contributed by atoms with Crippen LogP contribution >= 0.6 is 0 Å². The SMILES string of the molecule is CC(C)[Si](OCCCCCC(=O)O)(C(C)C)C(C)C. The van der Waals surface area contributed by atoms with E-state index in [0.717, 1.165) is 25.9 Å². The highest BCUT2D eigenvalue weighted by atomic mass is 28.4. The first kappa shape index (κ1) is 18.6. The van der Waals surface area contributed by atoms with Crippen LogP contribution in [0.25, 0.3) is 0 Å². The molecule has 19 heavy (non-hydrogen) atoms. The zero-order chi connectivity index (χ0) is 15.1. The van der Waals surface area contributed by atoms with Crippen LogP contribution in [0.2, 0.25) is 16.6 Å². The molecular formula is C15H32O3Si. The van der Waals surface area contributed by atoms with Gasteiger partial charge in [0.05, 0.1) is 0 Å². The van der Waals surface area contributed by atoms with Crippen molar-refractivity contribution in [1.82, 2.24) is 0 Å². The molecule has 0 unspecified atom stereocenters. The Kier molecular flexibility index (Phi) is 8.58. The predicted molar refractivity (Wildman–Crippen MR) is 83.1 cm³/mol. The molecule has 0 rings (SSSR count). The summed E-state index contributed by atoms with van der Waals surface area (Å²) in [5.41, 5.74) is 1.85. The Morgan fingerprint density at radius 2 is 1.42 bits per heavy atom. The molecule has 0 aromatic rings. The summed E-state index contributed by atoms with van der Waals surface area (Å²) in [7, 11) is -1.73. The molecular weight excluding hydrogens is 256 g/mol. The first-order chi connectivity index (χ1) is 8.75. The van der Waals surface area contributed by atoms with Gasteiger partial charge in [-0.25, -0.2) is 0 Å². The highest BCUT2D eigenvalue weighted by molar-refractivity contribution is 6.77. The number of unbranched alkanes of at least 4 members (excludes halogenated alkanes) is 2. The first-order valence-electron chi connectivity index (χ1n) is 7.60. The summed E-state index contributed by atoms with van der Waals surface area (Å²) in [6.45, 7) is 14.5. The molecule has 1 N–H and O–H groups in total. The molecule has 0 aromatic heterocycles. The summed E-state index contributed by atoms with van der Waals surface area (Å²) >= 11 is 0. The number of carbonyl (C=O) groups is 1. The summed E-state index contributed by atoms with van der Waals surface area (Å²) in [6.07, 6.45) is 2.97. The van der Waals surface area contributed by atoms with Crippen molar-refractivity contribution in [2.75, 3.05) is 6.61 Å². The van der Waals surface area contributed by atoms with Gasteiger partial charge < -0.3 is 9.53 Å². The van der Waals surface area contributed by atoms with Crippen molar-refractivity contribution in [1.29, 1.82) is 0 Å². The second-order valence-electron chi connectivity index (χ2n) is 6.37. The fraction of sp³-hybridized carbons (Fsp3) is 0.933. The van der Waals surface area contributed by atoms with Crippen LogP contribution in [0.4, 0.5) is 0 Å². The molecule has 0 bridgehead atoms. The molecule has 0 amide bonds. The van der Waals surface area contributed by atoms with Crippen molar-refractivity contribution in [3.05, 3.63) is 0 Å². The predicted octanol–water partition coefficient (Wildman–Crippen LogP) is 4.82. The van der Waals surface area contributed by atoms with Crippen molar-refractivity contribution in [2.45, 2.75) is 83.8 Å². The van der Waals surface area contributed by atoms with Crippen LogP contribution in [0.15, 0.2) is 0 Å². The van der Waals surface area contributed by atoms with E-state index < -0.39 is 14.3 Å². The Labute approximate surface area is 119 Å². The summed E-state index contributed by atoms with van der Waals surface area (Å²) < 4.78 is 6.41. The number of aliphatic carboxylic acids is 1. The molecule has 114 valence electrons. The summed E-state index contributed by atoms with van der Waals surface area (Å²) in [6, 6.07) is 0. The summed E-state index contributed by atoms with van der Waals surface area (Å²) in [5.74, 6) is -0.698. The fourth-order valence-corrected chi connectivity index (χ4v) is 8.80. The standard InChI is InChI=1S/C15H32O3Si/c1-12(2)19(13(3)4,14(5)6)18-11-9-7-8-10-15(16)17/h12-14H,7-11H2,1-6H3,(H,16,17). The van der Waals surface area contributed by atoms with Gasteiger partial charge in [-0.3, -0.25) is 4.79 Å². The molecule has 0 aliphatic rings. The van der Waals surface area contributed by atoms with E-state index in [2.05, 4.69) is 41.5 Å². The van der Waals surface area contributed by atoms with Crippen LogP contribution in [-0.2, 0) is 9.22 Å². The average Bonchev–Trinajstić information content (AvgIpc) is 2.26. The molecule has 0 aliphatic heterocycles. The van der Waals surface area contributed by atoms with E-state index in [4.69, 9.17) is 9.53 Å². The average molecular weight is 289 g/mol. The van der Waals surface area contributed by atoms with E-state index >= 15 is 0 Å². The van der Waals surface area contributed by atoms with E-state index in [1.54, 1.807) is 0 Å². The van der Waals surface area contributed by atoms with Crippen molar-refractivity contribution >= 4 is 14.3 Å². The molecule has 0 aromatic carbocycles. The third-order valence-corrected chi connectivity index (χ3v) is 10.2. The van der Waals surface area contributed by atoms with Crippen LogP contribution in [0, 0.1) is 0 Å². The lowest BCUT2D eigenvalue weighted by Crippen LogP contribution is -2.47. The van der Waals surface area contributed by atoms with Gasteiger partial charge in [-0.2, -0.15) is 0 Å². The highest BCUT2D eigenvalue weighted by Gasteiger charge is 2.44. The second-order valence-corrected chi connectivity index (χ2v) is 11.8. The Bertz CT molecular complexity index is 240. The van der Waals surface area contributed by atoms with Crippen LogP contribution in [0.1, 0.15) is 67.2 Å². The molecule has 0 heterocycles. The van der Waals surface area contributed by atoms with Crippen LogP contribution in [0.3, 0.4) is 0 Å². The van der Waals surface area contributed by atoms with Gasteiger partial charge in [-0.05, 0) is 29.5 Å². The summed E-state index contributed by atoms with van der Waals surface area (Å²) in [4.78, 5) is 10.4. The van der Waals surface area contributed by atoms with Gasteiger partial charge in [0.25, 0.3) is 0 Å². The van der Waals surface area contributed by atoms with Gasteiger partial charge in [0.15, 0.2) is 8.32 Å². The Hall–Kier alpha value is -0.353. The van der Waals surface area contributed by atoms with E-state index in [9.17, 15) is 4.79 Å². The van der Waals surface area contributed by atoms with Crippen LogP contribution in [0.5, 0.6) is 0 Å². The molecule has 0 atom stereocenters. The molecule has 0 spiro atoms. The number of carboxylic acid groups (broad SMARTS) is 1. The monoisotopic (exact) mass is 288 g/mol. The number of hydrogen-bond acceptors (Lipinski definition) is 2. The van der Waals surface area contributed by atoms with Gasteiger partial charge in [0.2, 0.25) is 0 Å². The molecule has 0 radical (unpaired) electrons. The maximum absolute atomic E-state index is 10.4. The lowest BCUT2D eigenvalue weighted by atomic mass is 10.2. The molecule has 3 nitrogen and oxygen atoms in total. The van der Waals surface area contributed by atoms with Crippen molar-refractivity contribution in [2.24, 2.45) is 0 Å². The van der Waals surface area contributed by atoms with E-state index in [1.165, 1.54) is 0 Å². The van der Waals surface area contributed by atoms with Crippen LogP contribution in [-0.4, -0.2) is 26.0 Å². The third kappa shape index (κ3) is 5.65. The Morgan fingerprint density at radius 1 is 0.947 bits per heavy atom. The highest BCUT2D eigenvalue weighted by Crippen LogP contribution is 2.42. The molecule has 0 aliphatic carbocycles. The van der Waals surface area contributed by atoms with E-state index in [-0.39, 0.29) is 6.42 Å². The quantitative estimate of drug-likeness (QED) is 0.463. The van der Waals surface area contributed by atoms with E-state index in [1.807, 2.05) is 0 Å². The Morgan fingerprint density at radius 3 is 1.79 bits per heavy atom. The Balaban J connectivity index is 4.25. The minimum absolute atomic E-state index is 0.279. The lowest BCUT2D eigenvalue weighted by Gasteiger charge is -2.42.